The van der Waals surface area contributed by atoms with Gasteiger partial charge in [0.25, 0.3) is 5.91 Å². The first-order chi connectivity index (χ1) is 14.3. The van der Waals surface area contributed by atoms with Gasteiger partial charge < -0.3 is 15.0 Å². The van der Waals surface area contributed by atoms with E-state index in [4.69, 9.17) is 4.74 Å². The second-order valence-electron chi connectivity index (χ2n) is 7.12. The van der Waals surface area contributed by atoms with Crippen molar-refractivity contribution in [3.05, 3.63) is 59.7 Å². The Bertz CT molecular complexity index is 962. The lowest BCUT2D eigenvalue weighted by Crippen LogP contribution is -2.33. The Morgan fingerprint density at radius 1 is 1.20 bits per heavy atom. The van der Waals surface area contributed by atoms with Crippen LogP contribution in [0.2, 0.25) is 0 Å². The van der Waals surface area contributed by atoms with Crippen LogP contribution in [-0.2, 0) is 25.5 Å². The first kappa shape index (κ1) is 21.4. The molecule has 2 aromatic carbocycles. The molecule has 2 aromatic rings. The number of benzene rings is 2. The Balaban J connectivity index is 1.58. The number of carbonyl (C=O) groups is 3. The molecular formula is C22H22F2N2O4. The van der Waals surface area contributed by atoms with Crippen molar-refractivity contribution in [2.75, 3.05) is 16.8 Å². The molecule has 0 aromatic heterocycles. The lowest BCUT2D eigenvalue weighted by atomic mass is 10.1. The predicted molar refractivity (Wildman–Crippen MR) is 107 cm³/mol. The number of aryl methyl sites for hydroxylation is 1. The SMILES string of the molecule is CCc1ccc(N2C[C@@H](C(=O)O[C@H](C)C(=O)Nc3ccc(F)cc3F)CC2=O)cc1. The molecule has 1 saturated heterocycles. The third kappa shape index (κ3) is 4.82. The normalized spacial score (nSPS) is 17.0. The fourth-order valence-corrected chi connectivity index (χ4v) is 3.18. The minimum atomic E-state index is -1.21. The monoisotopic (exact) mass is 416 g/mol. The second kappa shape index (κ2) is 9.02. The van der Waals surface area contributed by atoms with Crippen LogP contribution in [0.4, 0.5) is 20.2 Å². The van der Waals surface area contributed by atoms with Gasteiger partial charge in [0, 0.05) is 24.7 Å². The number of anilines is 2. The fourth-order valence-electron chi connectivity index (χ4n) is 3.18. The first-order valence-corrected chi connectivity index (χ1v) is 9.64. The molecule has 1 heterocycles. The molecule has 1 aliphatic rings. The van der Waals surface area contributed by atoms with Gasteiger partial charge in [-0.05, 0) is 43.2 Å². The summed E-state index contributed by atoms with van der Waals surface area (Å²) in [5.41, 5.74) is 1.62. The third-order valence-corrected chi connectivity index (χ3v) is 4.97. The van der Waals surface area contributed by atoms with E-state index in [0.717, 1.165) is 24.1 Å². The molecule has 2 atom stereocenters. The van der Waals surface area contributed by atoms with Crippen molar-refractivity contribution in [1.82, 2.24) is 0 Å². The standard InChI is InChI=1S/C22H22F2N2O4/c1-3-14-4-7-17(8-5-14)26-12-15(10-20(26)27)22(29)30-13(2)21(28)25-19-9-6-16(23)11-18(19)24/h4-9,11,13,15H,3,10,12H2,1-2H3,(H,25,28)/t13-,15+/m1/s1. The van der Waals surface area contributed by atoms with Gasteiger partial charge in [0.15, 0.2) is 6.10 Å². The van der Waals surface area contributed by atoms with E-state index >= 15 is 0 Å². The number of hydrogen-bond acceptors (Lipinski definition) is 4. The summed E-state index contributed by atoms with van der Waals surface area (Å²) in [6.45, 7) is 3.53. The molecule has 0 radical (unpaired) electrons. The van der Waals surface area contributed by atoms with Crippen LogP contribution in [0, 0.1) is 17.6 Å². The van der Waals surface area contributed by atoms with Crippen molar-refractivity contribution in [3.8, 4) is 0 Å². The third-order valence-electron chi connectivity index (χ3n) is 4.97. The first-order valence-electron chi connectivity index (χ1n) is 9.64. The minimum absolute atomic E-state index is 0.0186. The smallest absolute Gasteiger partial charge is 0.312 e. The number of carbonyl (C=O) groups excluding carboxylic acids is 3. The van der Waals surface area contributed by atoms with Gasteiger partial charge in [-0.1, -0.05) is 19.1 Å². The molecular weight excluding hydrogens is 394 g/mol. The molecule has 2 amide bonds. The van der Waals surface area contributed by atoms with Gasteiger partial charge in [-0.25, -0.2) is 8.78 Å². The van der Waals surface area contributed by atoms with Crippen molar-refractivity contribution in [2.45, 2.75) is 32.8 Å². The molecule has 8 heteroatoms. The molecule has 6 nitrogen and oxygen atoms in total. The van der Waals surface area contributed by atoms with Gasteiger partial charge in [0.2, 0.25) is 5.91 Å². The maximum absolute atomic E-state index is 13.7. The van der Waals surface area contributed by atoms with E-state index in [1.807, 2.05) is 31.2 Å². The molecule has 0 bridgehead atoms. The highest BCUT2D eigenvalue weighted by Gasteiger charge is 2.37. The van der Waals surface area contributed by atoms with Crippen LogP contribution in [-0.4, -0.2) is 30.4 Å². The Morgan fingerprint density at radius 2 is 1.90 bits per heavy atom. The maximum atomic E-state index is 13.7. The van der Waals surface area contributed by atoms with E-state index in [2.05, 4.69) is 5.32 Å². The topological polar surface area (TPSA) is 75.7 Å². The van der Waals surface area contributed by atoms with Gasteiger partial charge in [0.05, 0.1) is 11.6 Å². The summed E-state index contributed by atoms with van der Waals surface area (Å²) in [5.74, 6) is -4.06. The molecule has 0 saturated carbocycles. The van der Waals surface area contributed by atoms with Gasteiger partial charge in [0.1, 0.15) is 11.6 Å². The summed E-state index contributed by atoms with van der Waals surface area (Å²) in [7, 11) is 0. The fraction of sp³-hybridized carbons (Fsp3) is 0.318. The minimum Gasteiger partial charge on any atom is -0.452 e. The van der Waals surface area contributed by atoms with Crippen LogP contribution in [0.1, 0.15) is 25.8 Å². The number of nitrogens with zero attached hydrogens (tertiary/aromatic N) is 1. The zero-order valence-corrected chi connectivity index (χ0v) is 16.7. The molecule has 1 N–H and O–H groups in total. The molecule has 158 valence electrons. The zero-order chi connectivity index (χ0) is 21.8. The van der Waals surface area contributed by atoms with Crippen LogP contribution >= 0.6 is 0 Å². The van der Waals surface area contributed by atoms with Crippen molar-refractivity contribution in [1.29, 1.82) is 0 Å². The van der Waals surface area contributed by atoms with Crippen LogP contribution < -0.4 is 10.2 Å². The lowest BCUT2D eigenvalue weighted by Gasteiger charge is -2.18. The number of amides is 2. The number of halogens is 2. The highest BCUT2D eigenvalue weighted by atomic mass is 19.1. The molecule has 0 unspecified atom stereocenters. The van der Waals surface area contributed by atoms with E-state index in [9.17, 15) is 23.2 Å². The van der Waals surface area contributed by atoms with Crippen molar-refractivity contribution < 1.29 is 27.9 Å². The molecule has 1 aliphatic heterocycles. The predicted octanol–water partition coefficient (Wildman–Crippen LogP) is 3.45. The summed E-state index contributed by atoms with van der Waals surface area (Å²) in [4.78, 5) is 38.5. The molecule has 0 spiro atoms. The number of hydrogen-bond donors (Lipinski definition) is 1. The van der Waals surface area contributed by atoms with Crippen LogP contribution in [0.15, 0.2) is 42.5 Å². The molecule has 0 aliphatic carbocycles. The van der Waals surface area contributed by atoms with E-state index in [-0.39, 0.29) is 24.6 Å². The van der Waals surface area contributed by atoms with E-state index < -0.39 is 35.5 Å². The molecule has 3 rings (SSSR count). The largest absolute Gasteiger partial charge is 0.452 e. The van der Waals surface area contributed by atoms with Gasteiger partial charge in [-0.3, -0.25) is 14.4 Å². The van der Waals surface area contributed by atoms with E-state index in [0.29, 0.717) is 11.8 Å². The Hall–Kier alpha value is -3.29. The van der Waals surface area contributed by atoms with E-state index in [1.54, 1.807) is 0 Å². The van der Waals surface area contributed by atoms with Gasteiger partial charge in [-0.15, -0.1) is 0 Å². The number of ether oxygens (including phenoxy) is 1. The van der Waals surface area contributed by atoms with Crippen LogP contribution in [0.5, 0.6) is 0 Å². The summed E-state index contributed by atoms with van der Waals surface area (Å²) in [6.07, 6.45) is -0.352. The lowest BCUT2D eigenvalue weighted by molar-refractivity contribution is -0.157. The number of esters is 1. The van der Waals surface area contributed by atoms with Crippen LogP contribution in [0.3, 0.4) is 0 Å². The average molecular weight is 416 g/mol. The zero-order valence-electron chi connectivity index (χ0n) is 16.7. The van der Waals surface area contributed by atoms with Crippen molar-refractivity contribution in [3.63, 3.8) is 0 Å². The second-order valence-corrected chi connectivity index (χ2v) is 7.12. The Morgan fingerprint density at radius 3 is 2.53 bits per heavy atom. The molecule has 30 heavy (non-hydrogen) atoms. The summed E-state index contributed by atoms with van der Waals surface area (Å²) in [5, 5.41) is 2.25. The van der Waals surface area contributed by atoms with Gasteiger partial charge >= 0.3 is 5.97 Å². The van der Waals surface area contributed by atoms with Crippen molar-refractivity contribution in [2.24, 2.45) is 5.92 Å². The summed E-state index contributed by atoms with van der Waals surface area (Å²) in [6, 6.07) is 10.2. The average Bonchev–Trinajstić information content (AvgIpc) is 3.11. The number of rotatable bonds is 6. The van der Waals surface area contributed by atoms with Crippen molar-refractivity contribution >= 4 is 29.2 Å². The Labute approximate surface area is 172 Å². The van der Waals surface area contributed by atoms with E-state index in [1.165, 1.54) is 11.8 Å². The highest BCUT2D eigenvalue weighted by molar-refractivity contribution is 6.00. The number of nitrogens with one attached hydrogen (secondary N) is 1. The van der Waals surface area contributed by atoms with Gasteiger partial charge in [-0.2, -0.15) is 0 Å². The highest BCUT2D eigenvalue weighted by Crippen LogP contribution is 2.26. The maximum Gasteiger partial charge on any atom is 0.312 e. The van der Waals surface area contributed by atoms with Crippen LogP contribution in [0.25, 0.3) is 0 Å². The summed E-state index contributed by atoms with van der Waals surface area (Å²) >= 11 is 0. The quantitative estimate of drug-likeness (QED) is 0.732. The Kier molecular flexibility index (Phi) is 6.44. The summed E-state index contributed by atoms with van der Waals surface area (Å²) < 4.78 is 31.8. The molecule has 1 fully saturated rings.